The van der Waals surface area contributed by atoms with Crippen LogP contribution in [0.1, 0.15) is 17.6 Å². The van der Waals surface area contributed by atoms with Gasteiger partial charge in [0.25, 0.3) is 0 Å². The maximum atomic E-state index is 6.25. The molecule has 1 fully saturated rings. The standard InChI is InChI=1S/C20H25N5O2S/c1-13-17(9-10-26-13)18-22-23-20(25(18)4)28-12-16-11-21-19(27-16)14-5-7-15(8-6-14)24(2)3/h5-10,16,19,21H,11-12H2,1-4H3/p+1/t16-,19+/m1/s1. The van der Waals surface area contributed by atoms with Crippen molar-refractivity contribution < 1.29 is 14.5 Å². The summed E-state index contributed by atoms with van der Waals surface area (Å²) in [7, 11) is 6.08. The third-order valence-electron chi connectivity index (χ3n) is 5.02. The summed E-state index contributed by atoms with van der Waals surface area (Å²) in [5.41, 5.74) is 3.38. The second-order valence-corrected chi connectivity index (χ2v) is 8.19. The Hall–Kier alpha value is -2.29. The second kappa shape index (κ2) is 7.98. The molecule has 0 aliphatic carbocycles. The van der Waals surface area contributed by atoms with Gasteiger partial charge in [-0.1, -0.05) is 11.8 Å². The average Bonchev–Trinajstić information content (AvgIpc) is 3.41. The molecule has 0 amide bonds. The van der Waals surface area contributed by atoms with E-state index in [1.807, 2.05) is 38.7 Å². The summed E-state index contributed by atoms with van der Waals surface area (Å²) in [4.78, 5) is 2.10. The minimum atomic E-state index is 0.0606. The Labute approximate surface area is 169 Å². The van der Waals surface area contributed by atoms with E-state index in [0.717, 1.165) is 34.6 Å². The third-order valence-corrected chi connectivity index (χ3v) is 6.18. The van der Waals surface area contributed by atoms with Crippen LogP contribution in [0, 0.1) is 6.92 Å². The van der Waals surface area contributed by atoms with Crippen molar-refractivity contribution in [2.24, 2.45) is 7.05 Å². The largest absolute Gasteiger partial charge is 0.469 e. The lowest BCUT2D eigenvalue weighted by Gasteiger charge is -2.14. The third kappa shape index (κ3) is 3.80. The van der Waals surface area contributed by atoms with E-state index in [2.05, 4.69) is 44.7 Å². The number of rotatable bonds is 6. The Balaban J connectivity index is 1.35. The molecule has 3 heterocycles. The molecule has 0 radical (unpaired) electrons. The maximum Gasteiger partial charge on any atom is 0.217 e. The van der Waals surface area contributed by atoms with Crippen molar-refractivity contribution in [3.8, 4) is 11.4 Å². The Bertz CT molecular complexity index is 934. The van der Waals surface area contributed by atoms with Gasteiger partial charge in [0.15, 0.2) is 11.0 Å². The van der Waals surface area contributed by atoms with Crippen LogP contribution in [0.3, 0.4) is 0 Å². The van der Waals surface area contributed by atoms with Crippen molar-refractivity contribution in [2.45, 2.75) is 24.4 Å². The summed E-state index contributed by atoms with van der Waals surface area (Å²) >= 11 is 1.68. The normalized spacial score (nSPS) is 19.3. The van der Waals surface area contributed by atoms with Gasteiger partial charge in [0.05, 0.1) is 11.8 Å². The predicted molar refractivity (Wildman–Crippen MR) is 109 cm³/mol. The van der Waals surface area contributed by atoms with E-state index < -0.39 is 0 Å². The first-order valence-corrected chi connectivity index (χ1v) is 10.3. The molecule has 0 bridgehead atoms. The van der Waals surface area contributed by atoms with Gasteiger partial charge in [-0.05, 0) is 37.3 Å². The lowest BCUT2D eigenvalue weighted by atomic mass is 10.2. The number of hydrogen-bond donors (Lipinski definition) is 1. The van der Waals surface area contributed by atoms with Gasteiger partial charge in [0.2, 0.25) is 6.23 Å². The van der Waals surface area contributed by atoms with Gasteiger partial charge in [-0.3, -0.25) is 0 Å². The highest BCUT2D eigenvalue weighted by molar-refractivity contribution is 7.99. The summed E-state index contributed by atoms with van der Waals surface area (Å²) in [6.45, 7) is 2.88. The van der Waals surface area contributed by atoms with Gasteiger partial charge in [-0.2, -0.15) is 0 Å². The number of nitrogens with two attached hydrogens (primary N) is 1. The molecule has 7 nitrogen and oxygen atoms in total. The molecule has 1 aromatic carbocycles. The molecular weight excluding hydrogens is 374 g/mol. The Morgan fingerprint density at radius 3 is 2.68 bits per heavy atom. The SMILES string of the molecule is Cc1occc1-c1nnc(SC[C@H]2C[NH2+][C@H](c3ccc(N(C)C)cc3)O2)n1C. The zero-order valence-corrected chi connectivity index (χ0v) is 17.4. The number of benzene rings is 1. The van der Waals surface area contributed by atoms with Crippen molar-refractivity contribution in [3.05, 3.63) is 47.9 Å². The topological polar surface area (TPSA) is 72.9 Å². The number of hydrogen-bond acceptors (Lipinski definition) is 6. The van der Waals surface area contributed by atoms with Crippen LogP contribution >= 0.6 is 11.8 Å². The molecule has 0 unspecified atom stereocenters. The fourth-order valence-corrected chi connectivity index (χ4v) is 4.27. The van der Waals surface area contributed by atoms with Crippen LogP contribution in [-0.2, 0) is 11.8 Å². The number of aromatic nitrogens is 3. The van der Waals surface area contributed by atoms with Crippen LogP contribution in [0.5, 0.6) is 0 Å². The molecule has 3 aromatic rings. The first-order chi connectivity index (χ1) is 13.5. The molecule has 1 aliphatic heterocycles. The minimum absolute atomic E-state index is 0.0606. The molecule has 148 valence electrons. The molecule has 2 N–H and O–H groups in total. The van der Waals surface area contributed by atoms with Crippen LogP contribution < -0.4 is 10.2 Å². The Kier molecular flexibility index (Phi) is 5.43. The molecule has 0 saturated carbocycles. The van der Waals surface area contributed by atoms with Gasteiger partial charge < -0.3 is 23.9 Å². The Morgan fingerprint density at radius 1 is 1.21 bits per heavy atom. The quantitative estimate of drug-likeness (QED) is 0.640. The molecule has 8 heteroatoms. The fraction of sp³-hybridized carbons (Fsp3) is 0.400. The number of furan rings is 1. The van der Waals surface area contributed by atoms with Crippen molar-refractivity contribution in [3.63, 3.8) is 0 Å². The summed E-state index contributed by atoms with van der Waals surface area (Å²) in [6, 6.07) is 10.5. The summed E-state index contributed by atoms with van der Waals surface area (Å²) in [5.74, 6) is 2.52. The number of nitrogens with zero attached hydrogens (tertiary/aromatic N) is 4. The van der Waals surface area contributed by atoms with Crippen molar-refractivity contribution >= 4 is 17.4 Å². The molecule has 1 aliphatic rings. The number of aryl methyl sites for hydroxylation is 1. The highest BCUT2D eigenvalue weighted by Crippen LogP contribution is 2.27. The molecular formula is C20H26N5O2S+. The molecule has 0 spiro atoms. The number of thioether (sulfide) groups is 1. The molecule has 1 saturated heterocycles. The van der Waals surface area contributed by atoms with Crippen LogP contribution in [0.4, 0.5) is 5.69 Å². The highest BCUT2D eigenvalue weighted by atomic mass is 32.2. The van der Waals surface area contributed by atoms with Gasteiger partial charge in [0, 0.05) is 38.1 Å². The van der Waals surface area contributed by atoms with E-state index in [1.165, 1.54) is 11.3 Å². The molecule has 2 aromatic heterocycles. The lowest BCUT2D eigenvalue weighted by Crippen LogP contribution is -2.82. The maximum absolute atomic E-state index is 6.25. The van der Waals surface area contributed by atoms with E-state index in [-0.39, 0.29) is 12.3 Å². The smallest absolute Gasteiger partial charge is 0.217 e. The number of ether oxygens (including phenoxy) is 1. The molecule has 28 heavy (non-hydrogen) atoms. The van der Waals surface area contributed by atoms with E-state index in [4.69, 9.17) is 9.15 Å². The highest BCUT2D eigenvalue weighted by Gasteiger charge is 2.30. The molecule has 4 rings (SSSR count). The lowest BCUT2D eigenvalue weighted by molar-refractivity contribution is -0.697. The summed E-state index contributed by atoms with van der Waals surface area (Å²) in [5, 5.41) is 11.8. The van der Waals surface area contributed by atoms with Crippen molar-refractivity contribution in [2.75, 3.05) is 31.3 Å². The first-order valence-electron chi connectivity index (χ1n) is 9.35. The first kappa shape index (κ1) is 19.0. The van der Waals surface area contributed by atoms with Crippen LogP contribution in [0.2, 0.25) is 0 Å². The number of anilines is 1. The fourth-order valence-electron chi connectivity index (χ4n) is 3.34. The van der Waals surface area contributed by atoms with Gasteiger partial charge in [-0.25, -0.2) is 0 Å². The number of quaternary nitrogens is 1. The Morgan fingerprint density at radius 2 is 2.00 bits per heavy atom. The van der Waals surface area contributed by atoms with Crippen molar-refractivity contribution in [1.82, 2.24) is 14.8 Å². The van der Waals surface area contributed by atoms with E-state index in [0.29, 0.717) is 0 Å². The summed E-state index contributed by atoms with van der Waals surface area (Å²) < 4.78 is 13.6. The zero-order chi connectivity index (χ0) is 19.7. The van der Waals surface area contributed by atoms with E-state index in [9.17, 15) is 0 Å². The van der Waals surface area contributed by atoms with Crippen LogP contribution in [-0.4, -0.2) is 47.3 Å². The summed E-state index contributed by atoms with van der Waals surface area (Å²) in [6.07, 6.45) is 1.92. The second-order valence-electron chi connectivity index (χ2n) is 7.20. The average molecular weight is 401 g/mol. The monoisotopic (exact) mass is 400 g/mol. The zero-order valence-electron chi connectivity index (χ0n) is 16.6. The van der Waals surface area contributed by atoms with E-state index in [1.54, 1.807) is 18.0 Å². The van der Waals surface area contributed by atoms with Gasteiger partial charge >= 0.3 is 0 Å². The predicted octanol–water partition coefficient (Wildman–Crippen LogP) is 2.20. The van der Waals surface area contributed by atoms with Crippen LogP contribution in [0.25, 0.3) is 11.4 Å². The van der Waals surface area contributed by atoms with Gasteiger partial charge in [-0.15, -0.1) is 10.2 Å². The van der Waals surface area contributed by atoms with E-state index >= 15 is 0 Å². The van der Waals surface area contributed by atoms with Crippen molar-refractivity contribution in [1.29, 1.82) is 0 Å². The van der Waals surface area contributed by atoms with Crippen LogP contribution in [0.15, 0.2) is 46.2 Å². The van der Waals surface area contributed by atoms with Gasteiger partial charge in [0.1, 0.15) is 18.4 Å². The minimum Gasteiger partial charge on any atom is -0.469 e. The molecule has 2 atom stereocenters.